The number of fused-ring (bicyclic) bond motifs is 1. The second kappa shape index (κ2) is 10.4. The third kappa shape index (κ3) is 5.69. The number of thioether (sulfide) groups is 1. The van der Waals surface area contributed by atoms with Crippen LogP contribution in [0.25, 0.3) is 6.08 Å². The number of aryl methyl sites for hydroxylation is 1. The van der Waals surface area contributed by atoms with E-state index < -0.39 is 5.91 Å². The molecule has 0 saturated carbocycles. The summed E-state index contributed by atoms with van der Waals surface area (Å²) in [6.45, 7) is 6.91. The fourth-order valence-electron chi connectivity index (χ4n) is 3.32. The maximum atomic E-state index is 12.5. The highest BCUT2D eigenvalue weighted by molar-refractivity contribution is 8.26. The van der Waals surface area contributed by atoms with Gasteiger partial charge in [0.05, 0.1) is 5.57 Å². The summed E-state index contributed by atoms with van der Waals surface area (Å²) < 4.78 is 11.4. The van der Waals surface area contributed by atoms with Gasteiger partial charge in [-0.15, -0.1) is 0 Å². The summed E-state index contributed by atoms with van der Waals surface area (Å²) >= 11 is 7.38. The minimum atomic E-state index is -0.431. The van der Waals surface area contributed by atoms with Crippen molar-refractivity contribution in [1.29, 1.82) is 5.41 Å². The number of rotatable bonds is 8. The number of hydrogen-bond acceptors (Lipinski definition) is 6. The standard InChI is InChI=1S/C25H25ClN4O3S/c1-15(2)12-22-29-30-23(27)20(24(31)28-25(30)34-22)14-17-4-6-18(7-5-17)32-10-11-33-19-8-9-21(26)16(3)13-19/h4-9,13-15,27H,10-12H2,1-3H3/b20-14+,27-23?. The van der Waals surface area contributed by atoms with Crippen molar-refractivity contribution in [3.05, 3.63) is 64.2 Å². The monoisotopic (exact) mass is 496 g/mol. The normalized spacial score (nSPS) is 16.6. The van der Waals surface area contributed by atoms with Crippen LogP contribution >= 0.6 is 23.4 Å². The molecule has 0 bridgehead atoms. The molecule has 176 valence electrons. The van der Waals surface area contributed by atoms with Crippen LogP contribution < -0.4 is 9.47 Å². The number of ether oxygens (including phenoxy) is 2. The number of nitrogens with zero attached hydrogens (tertiary/aromatic N) is 3. The number of benzene rings is 2. The molecular weight excluding hydrogens is 472 g/mol. The quantitative estimate of drug-likeness (QED) is 0.370. The van der Waals surface area contributed by atoms with Crippen molar-refractivity contribution in [2.24, 2.45) is 16.0 Å². The average Bonchev–Trinajstić information content (AvgIpc) is 3.19. The van der Waals surface area contributed by atoms with Gasteiger partial charge in [-0.1, -0.05) is 37.6 Å². The van der Waals surface area contributed by atoms with Gasteiger partial charge in [-0.05, 0) is 72.1 Å². The first-order valence-electron chi connectivity index (χ1n) is 10.9. The van der Waals surface area contributed by atoms with Crippen LogP contribution in [0.3, 0.4) is 0 Å². The number of carbonyl (C=O) groups excluding carboxylic acids is 1. The zero-order valence-corrected chi connectivity index (χ0v) is 20.7. The SMILES string of the molecule is Cc1cc(OCCOc2ccc(/C=C3\C(=N)N4N=C(CC(C)C)SC4=NC3=O)cc2)ccc1Cl. The van der Waals surface area contributed by atoms with Crippen molar-refractivity contribution in [2.45, 2.75) is 27.2 Å². The highest BCUT2D eigenvalue weighted by Crippen LogP contribution is 2.30. The Morgan fingerprint density at radius 3 is 2.47 bits per heavy atom. The first-order valence-corrected chi connectivity index (χ1v) is 12.1. The van der Waals surface area contributed by atoms with Crippen molar-refractivity contribution in [1.82, 2.24) is 5.01 Å². The maximum Gasteiger partial charge on any atom is 0.283 e. The molecule has 2 aliphatic rings. The molecule has 1 amide bonds. The Bertz CT molecular complexity index is 1210. The predicted octanol–water partition coefficient (Wildman–Crippen LogP) is 5.77. The van der Waals surface area contributed by atoms with Gasteiger partial charge in [-0.3, -0.25) is 10.2 Å². The molecule has 1 N–H and O–H groups in total. The highest BCUT2D eigenvalue weighted by atomic mass is 35.5. The van der Waals surface area contributed by atoms with E-state index in [1.54, 1.807) is 6.08 Å². The molecular formula is C25H25ClN4O3S. The summed E-state index contributed by atoms with van der Waals surface area (Å²) in [5.41, 5.74) is 1.94. The average molecular weight is 497 g/mol. The summed E-state index contributed by atoms with van der Waals surface area (Å²) in [5, 5.41) is 16.4. The molecule has 34 heavy (non-hydrogen) atoms. The lowest BCUT2D eigenvalue weighted by Gasteiger charge is -2.20. The van der Waals surface area contributed by atoms with Crippen molar-refractivity contribution in [2.75, 3.05) is 13.2 Å². The number of amides is 1. The van der Waals surface area contributed by atoms with Gasteiger partial charge >= 0.3 is 0 Å². The summed E-state index contributed by atoms with van der Waals surface area (Å²) in [6.07, 6.45) is 2.44. The summed E-state index contributed by atoms with van der Waals surface area (Å²) in [5.74, 6) is 1.47. The van der Waals surface area contributed by atoms with Crippen molar-refractivity contribution in [3.63, 3.8) is 0 Å². The van der Waals surface area contributed by atoms with E-state index in [9.17, 15) is 4.79 Å². The van der Waals surface area contributed by atoms with Crippen molar-refractivity contribution < 1.29 is 14.3 Å². The van der Waals surface area contributed by atoms with Crippen LogP contribution in [0, 0.1) is 18.3 Å². The number of amidine groups is 2. The smallest absolute Gasteiger partial charge is 0.283 e. The summed E-state index contributed by atoms with van der Waals surface area (Å²) in [4.78, 5) is 16.7. The molecule has 2 aromatic rings. The van der Waals surface area contributed by atoms with Crippen LogP contribution in [-0.4, -0.2) is 40.2 Å². The van der Waals surface area contributed by atoms with Crippen LogP contribution in [0.5, 0.6) is 11.5 Å². The van der Waals surface area contributed by atoms with E-state index in [2.05, 4.69) is 23.9 Å². The van der Waals surface area contributed by atoms with Crippen LogP contribution in [-0.2, 0) is 4.79 Å². The fraction of sp³-hybridized carbons (Fsp3) is 0.280. The largest absolute Gasteiger partial charge is 0.490 e. The van der Waals surface area contributed by atoms with E-state index >= 15 is 0 Å². The van der Waals surface area contributed by atoms with Gasteiger partial charge in [0.1, 0.15) is 29.8 Å². The Kier molecular flexibility index (Phi) is 7.38. The van der Waals surface area contributed by atoms with Crippen LogP contribution in [0.2, 0.25) is 5.02 Å². The van der Waals surface area contributed by atoms with Crippen LogP contribution in [0.1, 0.15) is 31.4 Å². The van der Waals surface area contributed by atoms with E-state index in [1.165, 1.54) is 16.8 Å². The third-order valence-electron chi connectivity index (χ3n) is 5.02. The molecule has 4 rings (SSSR count). The molecule has 2 aliphatic heterocycles. The Morgan fingerprint density at radius 2 is 1.79 bits per heavy atom. The first kappa shape index (κ1) is 24.0. The highest BCUT2D eigenvalue weighted by Gasteiger charge is 2.35. The molecule has 2 heterocycles. The van der Waals surface area contributed by atoms with Crippen molar-refractivity contribution in [3.8, 4) is 11.5 Å². The maximum absolute atomic E-state index is 12.5. The number of halogens is 1. The Hall–Kier alpha value is -3.10. The molecule has 0 spiro atoms. The lowest BCUT2D eigenvalue weighted by Crippen LogP contribution is -2.35. The molecule has 0 radical (unpaired) electrons. The Balaban J connectivity index is 1.35. The minimum absolute atomic E-state index is 0.0381. The van der Waals surface area contributed by atoms with Crippen molar-refractivity contribution >= 4 is 51.4 Å². The minimum Gasteiger partial charge on any atom is -0.490 e. The Labute approximate surface area is 208 Å². The number of hydrazone groups is 1. The molecule has 0 aliphatic carbocycles. The zero-order valence-electron chi connectivity index (χ0n) is 19.2. The van der Waals surface area contributed by atoms with Gasteiger partial charge in [0.25, 0.3) is 5.91 Å². The number of hydrogen-bond donors (Lipinski definition) is 1. The second-order valence-corrected chi connectivity index (χ2v) is 9.74. The number of nitrogens with one attached hydrogen (secondary N) is 1. The Morgan fingerprint density at radius 1 is 1.12 bits per heavy atom. The van der Waals surface area contributed by atoms with Gasteiger partial charge in [0.15, 0.2) is 5.84 Å². The number of aliphatic imine (C=N–C) groups is 1. The molecule has 0 unspecified atom stereocenters. The second-order valence-electron chi connectivity index (χ2n) is 8.29. The van der Waals surface area contributed by atoms with E-state index in [-0.39, 0.29) is 11.4 Å². The molecule has 0 atom stereocenters. The van der Waals surface area contributed by atoms with E-state index in [1.807, 2.05) is 49.4 Å². The molecule has 7 nitrogen and oxygen atoms in total. The lowest BCUT2D eigenvalue weighted by molar-refractivity contribution is -0.114. The predicted molar refractivity (Wildman–Crippen MR) is 138 cm³/mol. The fourth-order valence-corrected chi connectivity index (χ4v) is 4.53. The topological polar surface area (TPSA) is 87.3 Å². The molecule has 9 heteroatoms. The lowest BCUT2D eigenvalue weighted by atomic mass is 10.1. The van der Waals surface area contributed by atoms with Gasteiger partial charge in [-0.25, -0.2) is 0 Å². The van der Waals surface area contributed by atoms with Crippen LogP contribution in [0.15, 0.2) is 58.1 Å². The molecule has 0 fully saturated rings. The van der Waals surface area contributed by atoms with Gasteiger partial charge in [0.2, 0.25) is 5.17 Å². The molecule has 2 aromatic carbocycles. The van der Waals surface area contributed by atoms with Gasteiger partial charge in [-0.2, -0.15) is 15.1 Å². The van der Waals surface area contributed by atoms with Crippen LogP contribution in [0.4, 0.5) is 0 Å². The summed E-state index contributed by atoms with van der Waals surface area (Å²) in [7, 11) is 0. The third-order valence-corrected chi connectivity index (χ3v) is 6.38. The molecule has 0 aromatic heterocycles. The zero-order chi connectivity index (χ0) is 24.2. The van der Waals surface area contributed by atoms with Gasteiger partial charge in [0, 0.05) is 11.4 Å². The van der Waals surface area contributed by atoms with E-state index in [0.717, 1.165) is 28.3 Å². The first-order chi connectivity index (χ1) is 16.3. The molecule has 0 saturated heterocycles. The summed E-state index contributed by atoms with van der Waals surface area (Å²) in [6, 6.07) is 12.8. The van der Waals surface area contributed by atoms with E-state index in [4.69, 9.17) is 26.5 Å². The van der Waals surface area contributed by atoms with Gasteiger partial charge < -0.3 is 9.47 Å². The number of carbonyl (C=O) groups is 1. The van der Waals surface area contributed by atoms with E-state index in [0.29, 0.717) is 35.1 Å².